The molecule has 0 saturated carbocycles. The van der Waals surface area contributed by atoms with Crippen LogP contribution >= 0.6 is 22.9 Å². The van der Waals surface area contributed by atoms with E-state index in [0.717, 1.165) is 35.0 Å². The van der Waals surface area contributed by atoms with Crippen molar-refractivity contribution in [3.05, 3.63) is 51.5 Å². The summed E-state index contributed by atoms with van der Waals surface area (Å²) >= 11 is 7.42. The van der Waals surface area contributed by atoms with E-state index >= 15 is 0 Å². The maximum atomic E-state index is 12.7. The number of aryl methyl sites for hydroxylation is 2. The van der Waals surface area contributed by atoms with Gasteiger partial charge in [0.2, 0.25) is 10.0 Å². The average molecular weight is 395 g/mol. The molecule has 0 spiro atoms. The predicted octanol–water partition coefficient (Wildman–Crippen LogP) is 4.28. The third-order valence-electron chi connectivity index (χ3n) is 4.72. The molecule has 7 heteroatoms. The SMILES string of the molecule is CCc1ccc(S(=O)(=O)NC2CCc3[nH]c4cc(Cl)ccc4c3C2)s1. The molecule has 0 bridgehead atoms. The zero-order valence-corrected chi connectivity index (χ0v) is 16.2. The lowest BCUT2D eigenvalue weighted by atomic mass is 9.92. The number of benzene rings is 1. The second-order valence-electron chi connectivity index (χ2n) is 6.41. The first kappa shape index (κ1) is 17.1. The Bertz CT molecular complexity index is 1040. The van der Waals surface area contributed by atoms with Gasteiger partial charge in [-0.25, -0.2) is 13.1 Å². The summed E-state index contributed by atoms with van der Waals surface area (Å²) in [6.45, 7) is 2.03. The standard InChI is InChI=1S/C18H19ClN2O2S2/c1-2-13-5-8-18(24-13)25(22,23)21-12-4-7-16-15(10-12)14-6-3-11(19)9-17(14)20-16/h3,5-6,8-9,12,20-21H,2,4,7,10H2,1H3. The minimum absolute atomic E-state index is 0.0839. The highest BCUT2D eigenvalue weighted by Crippen LogP contribution is 2.31. The predicted molar refractivity (Wildman–Crippen MR) is 103 cm³/mol. The molecule has 0 radical (unpaired) electrons. The number of fused-ring (bicyclic) bond motifs is 3. The van der Waals surface area contributed by atoms with Gasteiger partial charge in [0, 0.05) is 32.5 Å². The largest absolute Gasteiger partial charge is 0.358 e. The van der Waals surface area contributed by atoms with Crippen LogP contribution in [0.3, 0.4) is 0 Å². The number of hydrogen-bond acceptors (Lipinski definition) is 3. The number of aromatic nitrogens is 1. The van der Waals surface area contributed by atoms with E-state index < -0.39 is 10.0 Å². The van der Waals surface area contributed by atoms with Gasteiger partial charge in [-0.1, -0.05) is 24.6 Å². The minimum Gasteiger partial charge on any atom is -0.358 e. The lowest BCUT2D eigenvalue weighted by Gasteiger charge is -2.23. The molecule has 0 fully saturated rings. The molecule has 0 saturated heterocycles. The van der Waals surface area contributed by atoms with Crippen LogP contribution in [-0.2, 0) is 29.3 Å². The molecule has 2 heterocycles. The number of hydrogen-bond donors (Lipinski definition) is 2. The Morgan fingerprint density at radius 1 is 1.32 bits per heavy atom. The average Bonchev–Trinajstić information content (AvgIpc) is 3.18. The first-order valence-electron chi connectivity index (χ1n) is 8.36. The van der Waals surface area contributed by atoms with Crippen molar-refractivity contribution in [2.24, 2.45) is 0 Å². The van der Waals surface area contributed by atoms with Crippen molar-refractivity contribution in [1.29, 1.82) is 0 Å². The van der Waals surface area contributed by atoms with E-state index in [2.05, 4.69) is 9.71 Å². The molecule has 4 nitrogen and oxygen atoms in total. The van der Waals surface area contributed by atoms with Crippen LogP contribution in [0.5, 0.6) is 0 Å². The maximum Gasteiger partial charge on any atom is 0.250 e. The Labute approximate surface area is 156 Å². The van der Waals surface area contributed by atoms with Gasteiger partial charge in [-0.3, -0.25) is 0 Å². The molecule has 1 aliphatic rings. The summed E-state index contributed by atoms with van der Waals surface area (Å²) in [7, 11) is -3.46. The Hall–Kier alpha value is -1.34. The first-order valence-corrected chi connectivity index (χ1v) is 11.0. The Balaban J connectivity index is 1.59. The third kappa shape index (κ3) is 3.24. The summed E-state index contributed by atoms with van der Waals surface area (Å²) in [5.41, 5.74) is 3.41. The fraction of sp³-hybridized carbons (Fsp3) is 0.333. The highest BCUT2D eigenvalue weighted by Gasteiger charge is 2.27. The summed E-state index contributed by atoms with van der Waals surface area (Å²) in [4.78, 5) is 4.51. The number of thiophene rings is 1. The topological polar surface area (TPSA) is 62.0 Å². The van der Waals surface area contributed by atoms with Gasteiger partial charge in [0.25, 0.3) is 0 Å². The Morgan fingerprint density at radius 3 is 2.92 bits per heavy atom. The maximum absolute atomic E-state index is 12.7. The monoisotopic (exact) mass is 394 g/mol. The summed E-state index contributed by atoms with van der Waals surface area (Å²) in [5.74, 6) is 0. The molecular formula is C18H19ClN2O2S2. The van der Waals surface area contributed by atoms with E-state index in [1.165, 1.54) is 22.6 Å². The van der Waals surface area contributed by atoms with Crippen LogP contribution in [0.25, 0.3) is 10.9 Å². The molecule has 1 atom stereocenters. The lowest BCUT2D eigenvalue weighted by molar-refractivity contribution is 0.507. The third-order valence-corrected chi connectivity index (χ3v) is 8.20. The van der Waals surface area contributed by atoms with Crippen molar-refractivity contribution >= 4 is 43.9 Å². The molecule has 2 aromatic heterocycles. The van der Waals surface area contributed by atoms with Crippen LogP contribution in [-0.4, -0.2) is 19.4 Å². The lowest BCUT2D eigenvalue weighted by Crippen LogP contribution is -2.38. The molecule has 0 aliphatic heterocycles. The van der Waals surface area contributed by atoms with E-state index in [1.54, 1.807) is 6.07 Å². The van der Waals surface area contributed by atoms with E-state index in [4.69, 9.17) is 11.6 Å². The molecule has 4 rings (SSSR count). The van der Waals surface area contributed by atoms with Gasteiger partial charge in [-0.05, 0) is 55.5 Å². The van der Waals surface area contributed by atoms with Crippen molar-refractivity contribution in [2.45, 2.75) is 42.9 Å². The van der Waals surface area contributed by atoms with Crippen molar-refractivity contribution in [3.8, 4) is 0 Å². The van der Waals surface area contributed by atoms with E-state index in [1.807, 2.05) is 31.2 Å². The van der Waals surface area contributed by atoms with Gasteiger partial charge >= 0.3 is 0 Å². The zero-order valence-electron chi connectivity index (χ0n) is 13.8. The zero-order chi connectivity index (χ0) is 17.6. The second kappa shape index (κ2) is 6.43. The fourth-order valence-electron chi connectivity index (χ4n) is 3.47. The van der Waals surface area contributed by atoms with Gasteiger partial charge in [0.05, 0.1) is 0 Å². The van der Waals surface area contributed by atoms with Crippen molar-refractivity contribution < 1.29 is 8.42 Å². The van der Waals surface area contributed by atoms with E-state index in [-0.39, 0.29) is 6.04 Å². The first-order chi connectivity index (χ1) is 12.0. The molecular weight excluding hydrogens is 376 g/mol. The highest BCUT2D eigenvalue weighted by molar-refractivity contribution is 7.91. The van der Waals surface area contributed by atoms with Crippen molar-refractivity contribution in [1.82, 2.24) is 9.71 Å². The van der Waals surface area contributed by atoms with Crippen molar-refractivity contribution in [2.75, 3.05) is 0 Å². The van der Waals surface area contributed by atoms with Crippen LogP contribution in [0.4, 0.5) is 0 Å². The smallest absolute Gasteiger partial charge is 0.250 e. The number of nitrogens with one attached hydrogen (secondary N) is 2. The van der Waals surface area contributed by atoms with Crippen LogP contribution in [0, 0.1) is 0 Å². The Kier molecular flexibility index (Phi) is 4.40. The Morgan fingerprint density at radius 2 is 2.16 bits per heavy atom. The minimum atomic E-state index is -3.46. The van der Waals surface area contributed by atoms with E-state index in [9.17, 15) is 8.42 Å². The molecule has 2 N–H and O–H groups in total. The summed E-state index contributed by atoms with van der Waals surface area (Å²) in [6.07, 6.45) is 3.17. The van der Waals surface area contributed by atoms with Gasteiger partial charge < -0.3 is 4.98 Å². The number of rotatable bonds is 4. The van der Waals surface area contributed by atoms with Crippen LogP contribution in [0.1, 0.15) is 29.5 Å². The number of sulfonamides is 1. The van der Waals surface area contributed by atoms with Crippen LogP contribution in [0.2, 0.25) is 5.02 Å². The number of aromatic amines is 1. The second-order valence-corrected chi connectivity index (χ2v) is 9.95. The molecule has 132 valence electrons. The molecule has 1 aliphatic carbocycles. The summed E-state index contributed by atoms with van der Waals surface area (Å²) in [5, 5.41) is 1.83. The molecule has 1 unspecified atom stereocenters. The van der Waals surface area contributed by atoms with Gasteiger partial charge in [0.1, 0.15) is 4.21 Å². The molecule has 0 amide bonds. The normalized spacial score (nSPS) is 17.8. The quantitative estimate of drug-likeness (QED) is 0.693. The summed E-state index contributed by atoms with van der Waals surface area (Å²) in [6, 6.07) is 9.32. The highest BCUT2D eigenvalue weighted by atomic mass is 35.5. The number of H-pyrrole nitrogens is 1. The van der Waals surface area contributed by atoms with Crippen LogP contribution < -0.4 is 4.72 Å². The van der Waals surface area contributed by atoms with Gasteiger partial charge in [-0.2, -0.15) is 0 Å². The fourth-order valence-corrected chi connectivity index (χ4v) is 6.22. The number of halogens is 1. The molecule has 3 aromatic rings. The van der Waals surface area contributed by atoms with E-state index in [0.29, 0.717) is 15.7 Å². The molecule has 1 aromatic carbocycles. The van der Waals surface area contributed by atoms with Crippen molar-refractivity contribution in [3.63, 3.8) is 0 Å². The summed E-state index contributed by atoms with van der Waals surface area (Å²) < 4.78 is 28.6. The molecule has 25 heavy (non-hydrogen) atoms. The van der Waals surface area contributed by atoms with Gasteiger partial charge in [-0.15, -0.1) is 11.3 Å². The van der Waals surface area contributed by atoms with Gasteiger partial charge in [0.15, 0.2) is 0 Å². The van der Waals surface area contributed by atoms with Crippen LogP contribution in [0.15, 0.2) is 34.5 Å².